The fraction of sp³-hybridized carbons (Fsp3) is 0. The number of nitrogens with zero attached hydrogens (tertiary/aromatic N) is 4. The number of nitro groups is 1. The second kappa shape index (κ2) is 7.50. The number of hydrogen-bond acceptors (Lipinski definition) is 7. The van der Waals surface area contributed by atoms with Crippen LogP contribution in [0.1, 0.15) is 5.01 Å². The Kier molecular flexibility index (Phi) is 4.96. The Bertz CT molecular complexity index is 1020. The molecular formula is C17H10FN5O2S. The number of benzene rings is 2. The Balaban J connectivity index is 1.82. The van der Waals surface area contributed by atoms with Gasteiger partial charge in [0.05, 0.1) is 16.3 Å². The van der Waals surface area contributed by atoms with Crippen LogP contribution in [0.3, 0.4) is 0 Å². The number of halogens is 1. The van der Waals surface area contributed by atoms with E-state index in [2.05, 4.69) is 15.5 Å². The highest BCUT2D eigenvalue weighted by Crippen LogP contribution is 2.23. The summed E-state index contributed by atoms with van der Waals surface area (Å²) in [4.78, 5) is 14.6. The SMILES string of the molecule is N#C/C(=N/Nc1cccc([N+](=O)[O-])c1)c1nc(-c2ccc(F)cc2)cs1. The molecule has 0 fully saturated rings. The minimum absolute atomic E-state index is 0.0369. The molecule has 26 heavy (non-hydrogen) atoms. The van der Waals surface area contributed by atoms with Crippen LogP contribution in [0.25, 0.3) is 11.3 Å². The van der Waals surface area contributed by atoms with Gasteiger partial charge < -0.3 is 0 Å². The topological polar surface area (TPSA) is 104 Å². The van der Waals surface area contributed by atoms with E-state index in [0.717, 1.165) is 5.56 Å². The van der Waals surface area contributed by atoms with Crippen LogP contribution in [0.15, 0.2) is 59.0 Å². The van der Waals surface area contributed by atoms with E-state index in [1.54, 1.807) is 23.6 Å². The number of anilines is 1. The molecule has 1 N–H and O–H groups in total. The first kappa shape index (κ1) is 17.2. The Morgan fingerprint density at radius 3 is 2.77 bits per heavy atom. The number of nitro benzene ring substituents is 1. The molecule has 0 saturated carbocycles. The average molecular weight is 367 g/mol. The zero-order chi connectivity index (χ0) is 18.5. The molecule has 0 saturated heterocycles. The summed E-state index contributed by atoms with van der Waals surface area (Å²) in [5.74, 6) is -0.343. The minimum Gasteiger partial charge on any atom is -0.277 e. The van der Waals surface area contributed by atoms with E-state index >= 15 is 0 Å². The molecule has 1 heterocycles. The number of nitriles is 1. The van der Waals surface area contributed by atoms with Crippen molar-refractivity contribution in [3.05, 3.63) is 74.9 Å². The summed E-state index contributed by atoms with van der Waals surface area (Å²) in [6.45, 7) is 0. The normalized spacial score (nSPS) is 11.0. The van der Waals surface area contributed by atoms with Crippen molar-refractivity contribution in [2.45, 2.75) is 0 Å². The molecule has 0 amide bonds. The lowest BCUT2D eigenvalue weighted by Crippen LogP contribution is -2.01. The zero-order valence-electron chi connectivity index (χ0n) is 13.1. The molecule has 0 bridgehead atoms. The van der Waals surface area contributed by atoms with Gasteiger partial charge in [-0.2, -0.15) is 10.4 Å². The Labute approximate surface area is 151 Å². The molecule has 128 valence electrons. The summed E-state index contributed by atoms with van der Waals surface area (Å²) >= 11 is 1.22. The molecular weight excluding hydrogens is 357 g/mol. The lowest BCUT2D eigenvalue weighted by Gasteiger charge is -2.00. The molecule has 0 atom stereocenters. The first-order valence-electron chi connectivity index (χ1n) is 7.27. The summed E-state index contributed by atoms with van der Waals surface area (Å²) in [6.07, 6.45) is 0. The van der Waals surface area contributed by atoms with Crippen LogP contribution in [-0.4, -0.2) is 15.6 Å². The van der Waals surface area contributed by atoms with Crippen LogP contribution in [0, 0.1) is 27.3 Å². The summed E-state index contributed by atoms with van der Waals surface area (Å²) in [5, 5.41) is 26.2. The lowest BCUT2D eigenvalue weighted by molar-refractivity contribution is -0.384. The molecule has 3 rings (SSSR count). The van der Waals surface area contributed by atoms with E-state index in [4.69, 9.17) is 0 Å². The number of rotatable bonds is 5. The fourth-order valence-corrected chi connectivity index (χ4v) is 2.83. The van der Waals surface area contributed by atoms with Crippen LogP contribution in [-0.2, 0) is 0 Å². The van der Waals surface area contributed by atoms with Crippen molar-refractivity contribution in [1.29, 1.82) is 5.26 Å². The first-order chi connectivity index (χ1) is 12.6. The maximum Gasteiger partial charge on any atom is 0.271 e. The number of aromatic nitrogens is 1. The third-order valence-electron chi connectivity index (χ3n) is 3.31. The van der Waals surface area contributed by atoms with Gasteiger partial charge in [-0.05, 0) is 30.3 Å². The Morgan fingerprint density at radius 1 is 1.31 bits per heavy atom. The molecule has 3 aromatic rings. The highest BCUT2D eigenvalue weighted by Gasteiger charge is 2.11. The second-order valence-corrected chi connectivity index (χ2v) is 5.89. The number of thiazole rings is 1. The number of nitrogens with one attached hydrogen (secondary N) is 1. The smallest absolute Gasteiger partial charge is 0.271 e. The molecule has 0 unspecified atom stereocenters. The summed E-state index contributed by atoms with van der Waals surface area (Å²) in [5.41, 5.74) is 4.27. The fourth-order valence-electron chi connectivity index (χ4n) is 2.07. The van der Waals surface area contributed by atoms with Gasteiger partial charge in [-0.15, -0.1) is 11.3 Å². The van der Waals surface area contributed by atoms with E-state index in [-0.39, 0.29) is 17.2 Å². The zero-order valence-corrected chi connectivity index (χ0v) is 13.9. The molecule has 9 heteroatoms. The first-order valence-corrected chi connectivity index (χ1v) is 8.15. The van der Waals surface area contributed by atoms with E-state index in [0.29, 0.717) is 16.4 Å². The number of hydrazone groups is 1. The van der Waals surface area contributed by atoms with Crippen molar-refractivity contribution in [1.82, 2.24) is 4.98 Å². The second-order valence-electron chi connectivity index (χ2n) is 5.04. The van der Waals surface area contributed by atoms with Crippen LogP contribution >= 0.6 is 11.3 Å². The lowest BCUT2D eigenvalue weighted by atomic mass is 10.2. The van der Waals surface area contributed by atoms with E-state index in [1.165, 1.54) is 41.7 Å². The molecule has 0 aliphatic carbocycles. The Morgan fingerprint density at radius 2 is 2.08 bits per heavy atom. The van der Waals surface area contributed by atoms with E-state index in [9.17, 15) is 19.8 Å². The highest BCUT2D eigenvalue weighted by molar-refractivity contribution is 7.12. The standard InChI is InChI=1S/C17H10FN5O2S/c18-12-6-4-11(5-7-12)16-10-26-17(20-16)15(9-19)22-21-13-2-1-3-14(8-13)23(24)25/h1-8,10,21H/b22-15-. The van der Waals surface area contributed by atoms with Gasteiger partial charge in [0.25, 0.3) is 5.69 Å². The summed E-state index contributed by atoms with van der Waals surface area (Å²) < 4.78 is 13.0. The Hall–Kier alpha value is -3.64. The minimum atomic E-state index is -0.518. The molecule has 0 aliphatic heterocycles. The van der Waals surface area contributed by atoms with E-state index < -0.39 is 4.92 Å². The largest absolute Gasteiger partial charge is 0.277 e. The predicted molar refractivity (Wildman–Crippen MR) is 96.4 cm³/mol. The molecule has 0 aliphatic rings. The van der Waals surface area contributed by atoms with Gasteiger partial charge in [0.15, 0.2) is 10.7 Å². The molecule has 7 nitrogen and oxygen atoms in total. The van der Waals surface area contributed by atoms with Crippen molar-refractivity contribution in [3.63, 3.8) is 0 Å². The third kappa shape index (κ3) is 3.88. The monoisotopic (exact) mass is 367 g/mol. The van der Waals surface area contributed by atoms with Crippen LogP contribution < -0.4 is 5.43 Å². The van der Waals surface area contributed by atoms with E-state index in [1.807, 2.05) is 6.07 Å². The maximum absolute atomic E-state index is 13.0. The number of non-ortho nitro benzene ring substituents is 1. The summed E-state index contributed by atoms with van der Waals surface area (Å²) in [6, 6.07) is 13.6. The van der Waals surface area contributed by atoms with Gasteiger partial charge in [-0.3, -0.25) is 15.5 Å². The van der Waals surface area contributed by atoms with Gasteiger partial charge in [-0.25, -0.2) is 9.37 Å². The summed E-state index contributed by atoms with van der Waals surface area (Å²) in [7, 11) is 0. The molecule has 0 spiro atoms. The van der Waals surface area contributed by atoms with Gasteiger partial charge in [-0.1, -0.05) is 6.07 Å². The van der Waals surface area contributed by atoms with Crippen molar-refractivity contribution >= 4 is 28.4 Å². The third-order valence-corrected chi connectivity index (χ3v) is 4.16. The van der Waals surface area contributed by atoms with Crippen LogP contribution in [0.5, 0.6) is 0 Å². The van der Waals surface area contributed by atoms with Crippen molar-refractivity contribution in [3.8, 4) is 17.3 Å². The quantitative estimate of drug-likeness (QED) is 0.413. The van der Waals surface area contributed by atoms with Gasteiger partial charge in [0.2, 0.25) is 0 Å². The molecule has 1 aromatic heterocycles. The van der Waals surface area contributed by atoms with Crippen molar-refractivity contribution in [2.24, 2.45) is 5.10 Å². The number of hydrogen-bond donors (Lipinski definition) is 1. The van der Waals surface area contributed by atoms with Gasteiger partial charge >= 0.3 is 0 Å². The van der Waals surface area contributed by atoms with Gasteiger partial charge in [0.1, 0.15) is 11.9 Å². The molecule has 0 radical (unpaired) electrons. The maximum atomic E-state index is 13.0. The average Bonchev–Trinajstić information content (AvgIpc) is 3.13. The van der Waals surface area contributed by atoms with Crippen molar-refractivity contribution in [2.75, 3.05) is 5.43 Å². The van der Waals surface area contributed by atoms with Gasteiger partial charge in [0, 0.05) is 23.1 Å². The highest BCUT2D eigenvalue weighted by atomic mass is 32.1. The predicted octanol–water partition coefficient (Wildman–Crippen LogP) is 4.20. The van der Waals surface area contributed by atoms with Crippen molar-refractivity contribution < 1.29 is 9.31 Å². The van der Waals surface area contributed by atoms with Crippen LogP contribution in [0.2, 0.25) is 0 Å². The molecule has 2 aromatic carbocycles. The van der Waals surface area contributed by atoms with Crippen LogP contribution in [0.4, 0.5) is 15.8 Å².